The van der Waals surface area contributed by atoms with Crippen LogP contribution in [-0.2, 0) is 13.8 Å². The molecule has 24 heavy (non-hydrogen) atoms. The predicted molar refractivity (Wildman–Crippen MR) is 77.8 cm³/mol. The van der Waals surface area contributed by atoms with Gasteiger partial charge in [-0.3, -0.25) is 9.42 Å². The van der Waals surface area contributed by atoms with Gasteiger partial charge >= 0.3 is 13.9 Å². The molecule has 5 atom stereocenters. The molecule has 2 amide bonds. The summed E-state index contributed by atoms with van der Waals surface area (Å²) >= 11 is 0. The number of allylic oxidation sites excluding steroid dienone is 1. The van der Waals surface area contributed by atoms with E-state index in [2.05, 4.69) is 15.2 Å². The molecule has 3 heterocycles. The lowest BCUT2D eigenvalue weighted by atomic mass is 10.1. The van der Waals surface area contributed by atoms with Gasteiger partial charge in [0.2, 0.25) is 0 Å². The average molecular weight is 363 g/mol. The Kier molecular flexibility index (Phi) is 4.43. The van der Waals surface area contributed by atoms with Gasteiger partial charge in [0.1, 0.15) is 24.5 Å². The number of ether oxygens (including phenoxy) is 1. The fraction of sp³-hybridized carbons (Fsp3) is 0.583. The first kappa shape index (κ1) is 17.4. The van der Waals surface area contributed by atoms with E-state index in [1.165, 1.54) is 6.20 Å². The first-order valence-corrected chi connectivity index (χ1v) is 8.66. The van der Waals surface area contributed by atoms with Crippen molar-refractivity contribution >= 4 is 13.9 Å². The number of phosphoric ester groups is 1. The molecule has 12 heteroatoms. The topological polar surface area (TPSA) is 161 Å². The van der Waals surface area contributed by atoms with Crippen LogP contribution in [0.2, 0.25) is 0 Å². The number of nitrogens with zero attached hydrogens (tertiary/aromatic N) is 1. The van der Waals surface area contributed by atoms with Gasteiger partial charge in [-0.15, -0.1) is 0 Å². The number of rotatable bonds is 4. The van der Waals surface area contributed by atoms with Crippen molar-refractivity contribution in [2.75, 3.05) is 6.61 Å². The zero-order valence-electron chi connectivity index (χ0n) is 12.6. The number of carbonyl (C=O) groups excluding carboxylic acids is 1. The van der Waals surface area contributed by atoms with E-state index in [-0.39, 0.29) is 6.17 Å². The van der Waals surface area contributed by atoms with Crippen molar-refractivity contribution in [1.82, 2.24) is 15.5 Å². The molecule has 0 radical (unpaired) electrons. The highest BCUT2D eigenvalue weighted by Gasteiger charge is 2.48. The van der Waals surface area contributed by atoms with Crippen LogP contribution in [0.25, 0.3) is 0 Å². The Morgan fingerprint density at radius 1 is 1.33 bits per heavy atom. The van der Waals surface area contributed by atoms with Crippen LogP contribution in [0.1, 0.15) is 6.92 Å². The quantitative estimate of drug-likeness (QED) is 0.319. The summed E-state index contributed by atoms with van der Waals surface area (Å²) in [5.41, 5.74) is 1.60. The summed E-state index contributed by atoms with van der Waals surface area (Å²) in [7, 11) is -4.74. The van der Waals surface area contributed by atoms with Gasteiger partial charge in [-0.05, 0) is 13.0 Å². The van der Waals surface area contributed by atoms with Crippen LogP contribution in [-0.4, -0.2) is 68.2 Å². The fourth-order valence-electron chi connectivity index (χ4n) is 2.79. The van der Waals surface area contributed by atoms with Crippen molar-refractivity contribution in [2.24, 2.45) is 0 Å². The summed E-state index contributed by atoms with van der Waals surface area (Å²) in [6.45, 7) is 1.20. The Morgan fingerprint density at radius 2 is 2.04 bits per heavy atom. The maximum absolute atomic E-state index is 12.2. The predicted octanol–water partition coefficient (Wildman–Crippen LogP) is -1.72. The van der Waals surface area contributed by atoms with Gasteiger partial charge in [0.05, 0.1) is 6.61 Å². The zero-order valence-corrected chi connectivity index (χ0v) is 13.5. The minimum Gasteiger partial charge on any atom is -0.387 e. The van der Waals surface area contributed by atoms with Crippen molar-refractivity contribution in [2.45, 2.75) is 37.6 Å². The van der Waals surface area contributed by atoms with Crippen LogP contribution in [0, 0.1) is 0 Å². The first-order chi connectivity index (χ1) is 11.2. The van der Waals surface area contributed by atoms with E-state index in [0.717, 1.165) is 16.2 Å². The third-order valence-corrected chi connectivity index (χ3v) is 4.38. The third-order valence-electron chi connectivity index (χ3n) is 3.90. The van der Waals surface area contributed by atoms with Gasteiger partial charge in [-0.2, -0.15) is 0 Å². The number of hydrogen-bond acceptors (Lipinski definition) is 7. The highest BCUT2D eigenvalue weighted by molar-refractivity contribution is 7.46. The molecule has 134 valence electrons. The van der Waals surface area contributed by atoms with Crippen LogP contribution < -0.4 is 10.6 Å². The van der Waals surface area contributed by atoms with Crippen molar-refractivity contribution in [3.63, 3.8) is 0 Å². The molecular formula is C12H18N3O8P. The monoisotopic (exact) mass is 363 g/mol. The second-order valence-electron chi connectivity index (χ2n) is 5.72. The molecule has 11 nitrogen and oxygen atoms in total. The molecule has 0 aromatic heterocycles. The summed E-state index contributed by atoms with van der Waals surface area (Å²) in [4.78, 5) is 30.7. The fourth-order valence-corrected chi connectivity index (χ4v) is 3.13. The normalized spacial score (nSPS) is 36.0. The number of hydrogen-bond donors (Lipinski definition) is 6. The van der Waals surface area contributed by atoms with Crippen LogP contribution in [0.15, 0.2) is 23.5 Å². The summed E-state index contributed by atoms with van der Waals surface area (Å²) < 4.78 is 20.4. The molecule has 0 bridgehead atoms. The van der Waals surface area contributed by atoms with Crippen LogP contribution in [0.3, 0.4) is 0 Å². The second kappa shape index (κ2) is 6.12. The zero-order chi connectivity index (χ0) is 17.6. The van der Waals surface area contributed by atoms with Crippen LogP contribution in [0.5, 0.6) is 0 Å². The Balaban J connectivity index is 1.74. The van der Waals surface area contributed by atoms with Crippen molar-refractivity contribution in [3.8, 4) is 0 Å². The lowest BCUT2D eigenvalue weighted by molar-refractivity contribution is -0.0657. The molecule has 6 N–H and O–H groups in total. The Hall–Kier alpha value is -1.46. The number of fused-ring (bicyclic) bond motifs is 1. The maximum Gasteiger partial charge on any atom is 0.469 e. The third kappa shape index (κ3) is 3.33. The molecule has 3 rings (SSSR count). The number of phosphoric acid groups is 1. The molecule has 3 aliphatic heterocycles. The number of aliphatic hydroxyl groups is 2. The van der Waals surface area contributed by atoms with Gasteiger partial charge in [-0.1, -0.05) is 0 Å². The molecule has 5 unspecified atom stereocenters. The van der Waals surface area contributed by atoms with E-state index in [0.29, 0.717) is 0 Å². The first-order valence-electron chi connectivity index (χ1n) is 7.13. The molecule has 1 fully saturated rings. The van der Waals surface area contributed by atoms with Gasteiger partial charge in [0, 0.05) is 17.5 Å². The van der Waals surface area contributed by atoms with Gasteiger partial charge in [0.15, 0.2) is 6.23 Å². The summed E-state index contributed by atoms with van der Waals surface area (Å²) in [6.07, 6.45) is -2.42. The Labute approximate surface area is 136 Å². The van der Waals surface area contributed by atoms with Crippen LogP contribution >= 0.6 is 7.82 Å². The van der Waals surface area contributed by atoms with E-state index in [9.17, 15) is 19.6 Å². The largest absolute Gasteiger partial charge is 0.469 e. The number of urea groups is 1. The van der Waals surface area contributed by atoms with E-state index in [1.54, 1.807) is 0 Å². The van der Waals surface area contributed by atoms with E-state index >= 15 is 0 Å². The van der Waals surface area contributed by atoms with Crippen molar-refractivity contribution < 1.29 is 38.6 Å². The number of nitrogens with one attached hydrogen (secondary N) is 2. The van der Waals surface area contributed by atoms with E-state index in [1.807, 2.05) is 13.0 Å². The summed E-state index contributed by atoms with van der Waals surface area (Å²) in [5.74, 6) is 0. The second-order valence-corrected chi connectivity index (χ2v) is 6.96. The Bertz CT molecular complexity index is 646. The molecule has 3 aliphatic rings. The molecule has 0 spiro atoms. The highest BCUT2D eigenvalue weighted by Crippen LogP contribution is 2.37. The number of aliphatic hydroxyl groups excluding tert-OH is 2. The summed E-state index contributed by atoms with van der Waals surface area (Å²) in [6, 6.07) is -0.549. The summed E-state index contributed by atoms with van der Waals surface area (Å²) in [5, 5.41) is 25.8. The molecule has 0 saturated carbocycles. The van der Waals surface area contributed by atoms with Crippen LogP contribution in [0.4, 0.5) is 4.79 Å². The molecule has 0 aliphatic carbocycles. The smallest absolute Gasteiger partial charge is 0.387 e. The molecule has 1 saturated heterocycles. The van der Waals surface area contributed by atoms with Gasteiger partial charge < -0.3 is 35.4 Å². The standard InChI is InChI=1S/C12H18N3O8P/c1-5-2-6-3-15(12(18)14-10(6)13-5)11-9(17)8(16)7(23-11)4-22-24(19,20)21/h2-3,7-11,13,16-17H,4H2,1H3,(H,14,18)(H2,19,20,21). The minimum absolute atomic E-state index is 0.369. The SMILES string of the molecule is CC1=CC2=CN(C3OC(COP(=O)(O)O)C(O)C3O)C(=O)NC2N1. The minimum atomic E-state index is -4.74. The molecular weight excluding hydrogens is 345 g/mol. The van der Waals surface area contributed by atoms with Crippen molar-refractivity contribution in [1.29, 1.82) is 0 Å². The van der Waals surface area contributed by atoms with Crippen molar-refractivity contribution in [3.05, 3.63) is 23.5 Å². The average Bonchev–Trinajstić information content (AvgIpc) is 2.96. The van der Waals surface area contributed by atoms with Gasteiger partial charge in [0.25, 0.3) is 0 Å². The lowest BCUT2D eigenvalue weighted by Crippen LogP contribution is -2.56. The molecule has 0 aromatic carbocycles. The van der Waals surface area contributed by atoms with Gasteiger partial charge in [-0.25, -0.2) is 9.36 Å². The Morgan fingerprint density at radius 3 is 2.71 bits per heavy atom. The number of carbonyl (C=O) groups is 1. The maximum atomic E-state index is 12.2. The molecule has 0 aromatic rings. The number of amides is 2. The van der Waals surface area contributed by atoms with E-state index in [4.69, 9.17) is 14.5 Å². The highest BCUT2D eigenvalue weighted by atomic mass is 31.2. The lowest BCUT2D eigenvalue weighted by Gasteiger charge is -2.33. The van der Waals surface area contributed by atoms with E-state index < -0.39 is 45.0 Å².